The van der Waals surface area contributed by atoms with Crippen LogP contribution in [0.15, 0.2) is 41.9 Å². The minimum atomic E-state index is -0.273. The first-order valence-corrected chi connectivity index (χ1v) is 12.4. The molecule has 0 bridgehead atoms. The van der Waals surface area contributed by atoms with Gasteiger partial charge in [0.25, 0.3) is 5.91 Å². The molecule has 0 aliphatic carbocycles. The normalized spacial score (nSPS) is 16.3. The maximum absolute atomic E-state index is 13.3. The lowest BCUT2D eigenvalue weighted by molar-refractivity contribution is -0.121. The largest absolute Gasteiger partial charge is 0.337 e. The minimum absolute atomic E-state index is 0.0596. The molecule has 2 amide bonds. The van der Waals surface area contributed by atoms with Crippen LogP contribution in [0.2, 0.25) is 0 Å². The van der Waals surface area contributed by atoms with Crippen LogP contribution in [-0.4, -0.2) is 44.6 Å². The maximum Gasteiger partial charge on any atom is 0.264 e. The van der Waals surface area contributed by atoms with E-state index in [1.807, 2.05) is 23.1 Å². The molecule has 1 atom stereocenters. The topological polar surface area (TPSA) is 80.1 Å². The third-order valence-corrected chi connectivity index (χ3v) is 7.63. The lowest BCUT2D eigenvalue weighted by Gasteiger charge is -2.31. The summed E-state index contributed by atoms with van der Waals surface area (Å²) < 4.78 is 15.1. The van der Waals surface area contributed by atoms with Crippen molar-refractivity contribution in [2.75, 3.05) is 18.4 Å². The molecule has 1 aliphatic rings. The molecule has 0 spiro atoms. The van der Waals surface area contributed by atoms with Gasteiger partial charge in [-0.25, -0.2) is 9.37 Å². The van der Waals surface area contributed by atoms with Gasteiger partial charge in [0.15, 0.2) is 5.13 Å². The Morgan fingerprint density at radius 1 is 1.27 bits per heavy atom. The number of thiazole rings is 1. The number of rotatable bonds is 5. The predicted octanol–water partition coefficient (Wildman–Crippen LogP) is 4.54. The Bertz CT molecular complexity index is 1300. The van der Waals surface area contributed by atoms with Crippen molar-refractivity contribution < 1.29 is 14.0 Å². The number of nitrogens with zero attached hydrogens (tertiary/aromatic N) is 4. The fourth-order valence-electron chi connectivity index (χ4n) is 4.11. The summed E-state index contributed by atoms with van der Waals surface area (Å²) in [5.41, 5.74) is 1.79. The molecule has 4 aromatic rings. The Morgan fingerprint density at radius 2 is 2.09 bits per heavy atom. The number of hydrogen-bond acceptors (Lipinski definition) is 6. The average molecular weight is 484 g/mol. The van der Waals surface area contributed by atoms with Gasteiger partial charge in [0.1, 0.15) is 10.6 Å². The number of benzene rings is 1. The molecular weight excluding hydrogens is 461 g/mol. The minimum Gasteiger partial charge on any atom is -0.337 e. The van der Waals surface area contributed by atoms with Crippen LogP contribution in [0.25, 0.3) is 10.2 Å². The molecule has 1 aliphatic heterocycles. The maximum atomic E-state index is 13.3. The average Bonchev–Trinajstić information content (AvgIpc) is 3.55. The molecule has 1 unspecified atom stereocenters. The Hall–Kier alpha value is -3.11. The van der Waals surface area contributed by atoms with Crippen LogP contribution in [0.4, 0.5) is 9.52 Å². The van der Waals surface area contributed by atoms with E-state index in [4.69, 9.17) is 0 Å². The number of thiophene rings is 1. The van der Waals surface area contributed by atoms with E-state index in [-0.39, 0.29) is 23.5 Å². The van der Waals surface area contributed by atoms with Crippen molar-refractivity contribution in [1.29, 1.82) is 0 Å². The van der Waals surface area contributed by atoms with Gasteiger partial charge in [-0.05, 0) is 43.5 Å². The van der Waals surface area contributed by atoms with Crippen LogP contribution < -0.4 is 5.32 Å². The molecule has 33 heavy (non-hydrogen) atoms. The number of amides is 2. The Labute approximate surface area is 197 Å². The van der Waals surface area contributed by atoms with Gasteiger partial charge in [-0.2, -0.15) is 5.10 Å². The van der Waals surface area contributed by atoms with Crippen LogP contribution in [0.1, 0.15) is 33.8 Å². The van der Waals surface area contributed by atoms with Gasteiger partial charge in [-0.3, -0.25) is 14.3 Å². The van der Waals surface area contributed by atoms with Gasteiger partial charge in [0, 0.05) is 30.1 Å². The standard InChI is InChI=1S/C23H22FN5O2S2/c1-14-18-11-19(33-22(18)29(27-14)12-15-4-6-17(24)7-5-15)21(31)28-9-2-3-16(13-28)20(30)26-23-25-8-10-32-23/h4-8,10-11,16H,2-3,9,12-13H2,1H3,(H,25,26,30). The number of carbonyl (C=O) groups excluding carboxylic acids is 2. The number of fused-ring (bicyclic) bond motifs is 1. The molecule has 3 aromatic heterocycles. The van der Waals surface area contributed by atoms with Crippen molar-refractivity contribution in [3.05, 3.63) is 63.9 Å². The van der Waals surface area contributed by atoms with Gasteiger partial charge < -0.3 is 10.2 Å². The molecule has 0 saturated carbocycles. The molecule has 10 heteroatoms. The van der Waals surface area contributed by atoms with E-state index in [0.717, 1.165) is 34.3 Å². The van der Waals surface area contributed by atoms with Gasteiger partial charge in [0.2, 0.25) is 5.91 Å². The lowest BCUT2D eigenvalue weighted by atomic mass is 9.97. The Morgan fingerprint density at radius 3 is 2.85 bits per heavy atom. The summed E-state index contributed by atoms with van der Waals surface area (Å²) in [5, 5.41) is 10.8. The predicted molar refractivity (Wildman–Crippen MR) is 127 cm³/mol. The number of likely N-dealkylation sites (tertiary alicyclic amines) is 1. The molecule has 1 saturated heterocycles. The second kappa shape index (κ2) is 9.03. The van der Waals surface area contributed by atoms with Crippen molar-refractivity contribution in [2.45, 2.75) is 26.3 Å². The quantitative estimate of drug-likeness (QED) is 0.452. The number of hydrogen-bond donors (Lipinski definition) is 1. The zero-order chi connectivity index (χ0) is 22.9. The molecule has 170 valence electrons. The second-order valence-corrected chi connectivity index (χ2v) is 10.0. The van der Waals surface area contributed by atoms with E-state index in [0.29, 0.717) is 29.6 Å². The highest BCUT2D eigenvalue weighted by Crippen LogP contribution is 2.31. The van der Waals surface area contributed by atoms with Crippen molar-refractivity contribution in [3.63, 3.8) is 0 Å². The molecular formula is C23H22FN5O2S2. The zero-order valence-corrected chi connectivity index (χ0v) is 19.6. The van der Waals surface area contributed by atoms with Gasteiger partial charge >= 0.3 is 0 Å². The van der Waals surface area contributed by atoms with Crippen LogP contribution in [-0.2, 0) is 11.3 Å². The van der Waals surface area contributed by atoms with Gasteiger partial charge in [-0.15, -0.1) is 22.7 Å². The molecule has 7 nitrogen and oxygen atoms in total. The van der Waals surface area contributed by atoms with E-state index in [1.165, 1.54) is 34.8 Å². The first kappa shape index (κ1) is 21.7. The summed E-state index contributed by atoms with van der Waals surface area (Å²) in [7, 11) is 0. The smallest absolute Gasteiger partial charge is 0.264 e. The van der Waals surface area contributed by atoms with E-state index in [9.17, 15) is 14.0 Å². The highest BCUT2D eigenvalue weighted by Gasteiger charge is 2.30. The van der Waals surface area contributed by atoms with Crippen molar-refractivity contribution in [1.82, 2.24) is 19.7 Å². The van der Waals surface area contributed by atoms with Gasteiger partial charge in [0.05, 0.1) is 23.0 Å². The summed E-state index contributed by atoms with van der Waals surface area (Å²) in [6.45, 7) is 3.45. The van der Waals surface area contributed by atoms with Crippen LogP contribution >= 0.6 is 22.7 Å². The summed E-state index contributed by atoms with van der Waals surface area (Å²) in [4.78, 5) is 33.4. The summed E-state index contributed by atoms with van der Waals surface area (Å²) >= 11 is 2.79. The van der Waals surface area contributed by atoms with Gasteiger partial charge in [-0.1, -0.05) is 12.1 Å². The summed E-state index contributed by atoms with van der Waals surface area (Å²) in [6, 6.07) is 8.24. The first-order valence-electron chi connectivity index (χ1n) is 10.7. The van der Waals surface area contributed by atoms with Crippen molar-refractivity contribution >= 4 is 49.8 Å². The third-order valence-electron chi connectivity index (χ3n) is 5.81. The number of piperidine rings is 1. The third kappa shape index (κ3) is 4.53. The zero-order valence-electron chi connectivity index (χ0n) is 18.0. The molecule has 5 rings (SSSR count). The van der Waals surface area contributed by atoms with Crippen LogP contribution in [0.3, 0.4) is 0 Å². The van der Waals surface area contributed by atoms with E-state index < -0.39 is 0 Å². The molecule has 1 aromatic carbocycles. The molecule has 1 N–H and O–H groups in total. The fourth-order valence-corrected chi connectivity index (χ4v) is 5.77. The summed E-state index contributed by atoms with van der Waals surface area (Å²) in [6.07, 6.45) is 3.18. The Kier molecular flexibility index (Phi) is 5.94. The number of anilines is 1. The monoisotopic (exact) mass is 483 g/mol. The summed E-state index contributed by atoms with van der Waals surface area (Å²) in [5.74, 6) is -0.679. The van der Waals surface area contributed by atoms with E-state index in [1.54, 1.807) is 23.2 Å². The second-order valence-electron chi connectivity index (χ2n) is 8.12. The fraction of sp³-hybridized carbons (Fsp3) is 0.304. The molecule has 1 fully saturated rings. The van der Waals surface area contributed by atoms with Crippen molar-refractivity contribution in [3.8, 4) is 0 Å². The number of aromatic nitrogens is 3. The van der Waals surface area contributed by atoms with Crippen LogP contribution in [0.5, 0.6) is 0 Å². The lowest BCUT2D eigenvalue weighted by Crippen LogP contribution is -2.43. The molecule has 4 heterocycles. The number of aryl methyl sites for hydroxylation is 1. The van der Waals surface area contributed by atoms with Crippen LogP contribution in [0, 0.1) is 18.7 Å². The number of halogens is 1. The Balaban J connectivity index is 1.32. The highest BCUT2D eigenvalue weighted by molar-refractivity contribution is 7.20. The molecule has 0 radical (unpaired) electrons. The van der Waals surface area contributed by atoms with E-state index in [2.05, 4.69) is 15.4 Å². The SMILES string of the molecule is Cc1nn(Cc2ccc(F)cc2)c2sc(C(=O)N3CCCC(C(=O)Nc4nccs4)C3)cc12. The number of carbonyl (C=O) groups is 2. The number of nitrogens with one attached hydrogen (secondary N) is 1. The van der Waals surface area contributed by atoms with Crippen molar-refractivity contribution in [2.24, 2.45) is 5.92 Å². The highest BCUT2D eigenvalue weighted by atomic mass is 32.1. The van der Waals surface area contributed by atoms with E-state index >= 15 is 0 Å². The first-order chi connectivity index (χ1) is 16.0.